The van der Waals surface area contributed by atoms with Crippen LogP contribution in [0, 0.1) is 12.8 Å². The number of alkyl halides is 1. The molecule has 0 N–H and O–H groups in total. The van der Waals surface area contributed by atoms with Crippen molar-refractivity contribution in [1.29, 1.82) is 0 Å². The Balaban J connectivity index is 2.42. The molecule has 1 aliphatic heterocycles. The maximum absolute atomic E-state index is 13.4. The van der Waals surface area contributed by atoms with E-state index < -0.39 is 9.71 Å². The fourth-order valence-electron chi connectivity index (χ4n) is 2.42. The van der Waals surface area contributed by atoms with Crippen molar-refractivity contribution in [2.24, 2.45) is 5.92 Å². The van der Waals surface area contributed by atoms with E-state index >= 15 is 0 Å². The largest absolute Gasteiger partial charge is 0.247 e. The van der Waals surface area contributed by atoms with Crippen LogP contribution in [0.25, 0.3) is 0 Å². The molecule has 3 atom stereocenters. The standard InChI is InChI=1S/C15H22BrNOS/c1-4-9-19(18,14-7-5-12(2)6-8-14)17-10-13(3)15(16)11-17/h5-9,13,15H,4,10-11H2,1-3H3. The van der Waals surface area contributed by atoms with E-state index in [0.29, 0.717) is 10.7 Å². The first kappa shape index (κ1) is 15.1. The average Bonchev–Trinajstić information content (AvgIpc) is 2.71. The van der Waals surface area contributed by atoms with Gasteiger partial charge in [-0.1, -0.05) is 47.5 Å². The minimum Gasteiger partial charge on any atom is -0.247 e. The Morgan fingerprint density at radius 2 is 2.00 bits per heavy atom. The van der Waals surface area contributed by atoms with E-state index in [4.69, 9.17) is 0 Å². The molecule has 1 saturated heterocycles. The number of benzene rings is 1. The third-order valence-electron chi connectivity index (χ3n) is 3.62. The van der Waals surface area contributed by atoms with Gasteiger partial charge in [0.2, 0.25) is 0 Å². The molecule has 1 fully saturated rings. The van der Waals surface area contributed by atoms with E-state index in [1.54, 1.807) is 0 Å². The van der Waals surface area contributed by atoms with Gasteiger partial charge in [0.25, 0.3) is 0 Å². The Bertz CT molecular complexity index is 536. The quantitative estimate of drug-likeness (QED) is 0.607. The highest BCUT2D eigenvalue weighted by Crippen LogP contribution is 2.29. The van der Waals surface area contributed by atoms with Gasteiger partial charge in [-0.05, 0) is 36.8 Å². The topological polar surface area (TPSA) is 20.3 Å². The average molecular weight is 344 g/mol. The molecule has 3 unspecified atom stereocenters. The molecule has 0 amide bonds. The smallest absolute Gasteiger partial charge is 0.0589 e. The van der Waals surface area contributed by atoms with Crippen molar-refractivity contribution in [3.63, 3.8) is 0 Å². The Kier molecular flexibility index (Phi) is 4.75. The molecule has 0 radical (unpaired) electrons. The fraction of sp³-hybridized carbons (Fsp3) is 0.533. The van der Waals surface area contributed by atoms with E-state index in [2.05, 4.69) is 41.0 Å². The number of rotatable bonds is 3. The third kappa shape index (κ3) is 3.06. The van der Waals surface area contributed by atoms with Gasteiger partial charge in [0.05, 0.1) is 9.71 Å². The maximum Gasteiger partial charge on any atom is 0.0589 e. The zero-order valence-electron chi connectivity index (χ0n) is 11.8. The highest BCUT2D eigenvalue weighted by atomic mass is 79.9. The summed E-state index contributed by atoms with van der Waals surface area (Å²) < 4.78 is 15.6. The van der Waals surface area contributed by atoms with Crippen molar-refractivity contribution < 1.29 is 4.21 Å². The van der Waals surface area contributed by atoms with E-state index in [-0.39, 0.29) is 0 Å². The Labute approximate surface area is 125 Å². The van der Waals surface area contributed by atoms with E-state index in [1.807, 2.05) is 29.6 Å². The van der Waals surface area contributed by atoms with Gasteiger partial charge in [0, 0.05) is 22.8 Å². The van der Waals surface area contributed by atoms with Gasteiger partial charge in [-0.15, -0.1) is 0 Å². The number of aryl methyl sites for hydroxylation is 1. The van der Waals surface area contributed by atoms with Gasteiger partial charge in [-0.2, -0.15) is 0 Å². The molecule has 106 valence electrons. The number of hydrogen-bond acceptors (Lipinski definition) is 1. The zero-order valence-corrected chi connectivity index (χ0v) is 14.2. The van der Waals surface area contributed by atoms with Crippen LogP contribution >= 0.6 is 15.9 Å². The van der Waals surface area contributed by atoms with Crippen molar-refractivity contribution in [3.8, 4) is 0 Å². The SMILES string of the molecule is CCC=S(=O)(c1ccc(C)cc1)N1CC(C)C(Br)C1. The lowest BCUT2D eigenvalue weighted by Gasteiger charge is -2.23. The van der Waals surface area contributed by atoms with Crippen molar-refractivity contribution in [3.05, 3.63) is 29.8 Å². The van der Waals surface area contributed by atoms with Crippen LogP contribution in [-0.4, -0.2) is 31.8 Å². The molecule has 0 aliphatic carbocycles. The number of nitrogens with zero attached hydrogens (tertiary/aromatic N) is 1. The van der Waals surface area contributed by atoms with Crippen LogP contribution in [0.4, 0.5) is 0 Å². The van der Waals surface area contributed by atoms with Crippen molar-refractivity contribution in [2.75, 3.05) is 13.1 Å². The molecule has 1 aromatic carbocycles. The van der Waals surface area contributed by atoms with Gasteiger partial charge in [-0.3, -0.25) is 0 Å². The molecule has 19 heavy (non-hydrogen) atoms. The Hall–Kier alpha value is -0.320. The number of halogens is 1. The summed E-state index contributed by atoms with van der Waals surface area (Å²) in [6, 6.07) is 8.11. The predicted molar refractivity (Wildman–Crippen MR) is 87.4 cm³/mol. The first-order valence-corrected chi connectivity index (χ1v) is 9.30. The van der Waals surface area contributed by atoms with Crippen LogP contribution < -0.4 is 0 Å². The molecule has 0 saturated carbocycles. The third-order valence-corrected chi connectivity index (χ3v) is 7.61. The van der Waals surface area contributed by atoms with Crippen molar-refractivity contribution in [1.82, 2.24) is 4.31 Å². The van der Waals surface area contributed by atoms with Crippen molar-refractivity contribution >= 4 is 31.0 Å². The normalized spacial score (nSPS) is 27.2. The van der Waals surface area contributed by atoms with E-state index in [9.17, 15) is 4.21 Å². The predicted octanol–water partition coefficient (Wildman–Crippen LogP) is 3.48. The van der Waals surface area contributed by atoms with Crippen LogP contribution in [-0.2, 0) is 9.71 Å². The molecule has 1 aromatic rings. The van der Waals surface area contributed by atoms with Crippen molar-refractivity contribution in [2.45, 2.75) is 36.9 Å². The first-order chi connectivity index (χ1) is 8.97. The minimum absolute atomic E-state index is 0.434. The highest BCUT2D eigenvalue weighted by Gasteiger charge is 2.33. The summed E-state index contributed by atoms with van der Waals surface area (Å²) in [6.07, 6.45) is 0.824. The first-order valence-electron chi connectivity index (χ1n) is 6.80. The summed E-state index contributed by atoms with van der Waals surface area (Å²) in [4.78, 5) is 1.37. The van der Waals surface area contributed by atoms with Gasteiger partial charge in [0.1, 0.15) is 0 Å². The summed E-state index contributed by atoms with van der Waals surface area (Å²) in [5.41, 5.74) is 1.20. The van der Waals surface area contributed by atoms with Gasteiger partial charge >= 0.3 is 0 Å². The Morgan fingerprint density at radius 3 is 2.47 bits per heavy atom. The highest BCUT2D eigenvalue weighted by molar-refractivity contribution is 9.09. The van der Waals surface area contributed by atoms with Crippen LogP contribution in [0.1, 0.15) is 25.8 Å². The van der Waals surface area contributed by atoms with E-state index in [1.165, 1.54) is 5.56 Å². The lowest BCUT2D eigenvalue weighted by molar-refractivity contribution is 0.510. The monoisotopic (exact) mass is 343 g/mol. The molecular formula is C15H22BrNOS. The lowest BCUT2D eigenvalue weighted by atomic mass is 10.2. The second-order valence-electron chi connectivity index (χ2n) is 5.30. The lowest BCUT2D eigenvalue weighted by Crippen LogP contribution is -2.30. The molecular weight excluding hydrogens is 322 g/mol. The second-order valence-corrected chi connectivity index (χ2v) is 8.93. The molecule has 2 rings (SSSR count). The summed E-state index contributed by atoms with van der Waals surface area (Å²) >= 11 is 3.69. The van der Waals surface area contributed by atoms with Gasteiger partial charge in [-0.25, -0.2) is 8.51 Å². The molecule has 4 heteroatoms. The molecule has 1 heterocycles. The van der Waals surface area contributed by atoms with Crippen LogP contribution in [0.5, 0.6) is 0 Å². The van der Waals surface area contributed by atoms with Gasteiger partial charge < -0.3 is 0 Å². The van der Waals surface area contributed by atoms with Gasteiger partial charge in [0.15, 0.2) is 0 Å². The zero-order chi connectivity index (χ0) is 14.0. The van der Waals surface area contributed by atoms with Crippen LogP contribution in [0.15, 0.2) is 29.2 Å². The van der Waals surface area contributed by atoms with Crippen LogP contribution in [0.2, 0.25) is 0 Å². The van der Waals surface area contributed by atoms with Crippen LogP contribution in [0.3, 0.4) is 0 Å². The fourth-order valence-corrected chi connectivity index (χ4v) is 5.64. The molecule has 0 aromatic heterocycles. The second kappa shape index (κ2) is 5.98. The van der Waals surface area contributed by atoms with E-state index in [0.717, 1.165) is 24.4 Å². The summed E-state index contributed by atoms with van der Waals surface area (Å²) in [6.45, 7) is 8.06. The Morgan fingerprint density at radius 1 is 1.37 bits per heavy atom. The summed E-state index contributed by atoms with van der Waals surface area (Å²) in [5.74, 6) is 0.538. The molecule has 1 aliphatic rings. The minimum atomic E-state index is -2.20. The molecule has 2 nitrogen and oxygen atoms in total. The molecule has 0 bridgehead atoms. The molecule has 0 spiro atoms. The summed E-state index contributed by atoms with van der Waals surface area (Å²) in [5, 5.41) is 1.98. The summed E-state index contributed by atoms with van der Waals surface area (Å²) in [7, 11) is -2.20. The number of hydrogen-bond donors (Lipinski definition) is 0. The maximum atomic E-state index is 13.4.